The summed E-state index contributed by atoms with van der Waals surface area (Å²) in [5.41, 5.74) is 2.65. The minimum absolute atomic E-state index is 0.180. The zero-order valence-corrected chi connectivity index (χ0v) is 25.8. The largest absolute Gasteiger partial charge is 0.494 e. The molecule has 2 aliphatic rings. The molecule has 0 bridgehead atoms. The molecule has 0 aromatic heterocycles. The Labute approximate surface area is 254 Å². The minimum atomic E-state index is -1.04. The third kappa shape index (κ3) is 8.91. The van der Waals surface area contributed by atoms with Crippen molar-refractivity contribution in [3.05, 3.63) is 70.8 Å². The summed E-state index contributed by atoms with van der Waals surface area (Å²) in [5.74, 6) is -0.828. The van der Waals surface area contributed by atoms with E-state index in [1.807, 2.05) is 81.1 Å². The zero-order valence-electron chi connectivity index (χ0n) is 25.8. The highest BCUT2D eigenvalue weighted by Crippen LogP contribution is 2.36. The van der Waals surface area contributed by atoms with Crippen LogP contribution in [0.25, 0.3) is 6.08 Å². The van der Waals surface area contributed by atoms with Crippen molar-refractivity contribution in [3.63, 3.8) is 0 Å². The molecule has 0 spiro atoms. The molecule has 1 amide bonds. The molecule has 43 heavy (non-hydrogen) atoms. The van der Waals surface area contributed by atoms with Crippen molar-refractivity contribution in [2.24, 2.45) is 0 Å². The highest BCUT2D eigenvalue weighted by molar-refractivity contribution is 6.02. The van der Waals surface area contributed by atoms with Gasteiger partial charge in [0.25, 0.3) is 5.91 Å². The molecule has 0 aliphatic carbocycles. The van der Waals surface area contributed by atoms with Gasteiger partial charge < -0.3 is 24.8 Å². The number of amides is 1. The van der Waals surface area contributed by atoms with E-state index in [1.165, 1.54) is 0 Å². The van der Waals surface area contributed by atoms with Crippen LogP contribution in [0, 0.1) is 0 Å². The number of benzene rings is 2. The summed E-state index contributed by atoms with van der Waals surface area (Å²) in [6.45, 7) is 11.4. The lowest BCUT2D eigenvalue weighted by atomic mass is 9.97. The molecule has 2 unspecified atom stereocenters. The van der Waals surface area contributed by atoms with Crippen LogP contribution in [0.5, 0.6) is 5.75 Å². The number of aliphatic carboxylic acids is 1. The third-order valence-electron chi connectivity index (χ3n) is 7.76. The van der Waals surface area contributed by atoms with E-state index in [0.717, 1.165) is 36.2 Å². The van der Waals surface area contributed by atoms with E-state index in [-0.39, 0.29) is 36.0 Å². The van der Waals surface area contributed by atoms with Gasteiger partial charge in [-0.05, 0) is 74.9 Å². The third-order valence-corrected chi connectivity index (χ3v) is 7.76. The molecule has 232 valence electrons. The maximum absolute atomic E-state index is 13.7. The van der Waals surface area contributed by atoms with Gasteiger partial charge >= 0.3 is 11.9 Å². The number of carbonyl (C=O) groups is 3. The Hall–Kier alpha value is -3.69. The predicted octanol–water partition coefficient (Wildman–Crippen LogP) is 4.47. The highest BCUT2D eigenvalue weighted by atomic mass is 16.6. The Kier molecular flexibility index (Phi) is 11.0. The molecule has 2 aliphatic heterocycles. The SMILES string of the molecule is CCC1c2ccc(OCCCN3CCNCC3C(=O)OC(C)(C)C)cc2C=C(CC(=O)O)C(=O)N1CCc1ccccc1. The van der Waals surface area contributed by atoms with E-state index in [4.69, 9.17) is 9.47 Å². The molecule has 2 atom stereocenters. The van der Waals surface area contributed by atoms with Crippen molar-refractivity contribution >= 4 is 23.9 Å². The van der Waals surface area contributed by atoms with Crippen LogP contribution in [0.4, 0.5) is 0 Å². The summed E-state index contributed by atoms with van der Waals surface area (Å²) in [7, 11) is 0. The van der Waals surface area contributed by atoms with E-state index in [9.17, 15) is 19.5 Å². The Morgan fingerprint density at radius 1 is 1.09 bits per heavy atom. The Bertz CT molecular complexity index is 1300. The van der Waals surface area contributed by atoms with Crippen LogP contribution < -0.4 is 10.1 Å². The average molecular weight is 592 g/mol. The van der Waals surface area contributed by atoms with Crippen molar-refractivity contribution in [1.82, 2.24) is 15.1 Å². The Balaban J connectivity index is 1.45. The van der Waals surface area contributed by atoms with Crippen LogP contribution in [0.3, 0.4) is 0 Å². The maximum Gasteiger partial charge on any atom is 0.325 e. The lowest BCUT2D eigenvalue weighted by Crippen LogP contribution is -2.56. The second kappa shape index (κ2) is 14.7. The molecule has 0 radical (unpaired) electrons. The first-order valence-electron chi connectivity index (χ1n) is 15.3. The van der Waals surface area contributed by atoms with Crippen LogP contribution in [-0.4, -0.2) is 83.7 Å². The quantitative estimate of drug-likeness (QED) is 0.275. The van der Waals surface area contributed by atoms with Crippen molar-refractivity contribution in [2.45, 2.75) is 71.1 Å². The molecule has 2 aromatic carbocycles. The number of hydrogen-bond donors (Lipinski definition) is 2. The standard InChI is InChI=1S/C34H45N3O6/c1-5-29-28-13-12-27(42-19-9-16-36-18-15-35-23-30(36)33(41)43-34(2,3)4)21-25(28)20-26(22-31(38)39)32(40)37(29)17-14-24-10-7-6-8-11-24/h6-8,10-13,20-21,29-30,35H,5,9,14-19,22-23H2,1-4H3,(H,38,39). The number of piperazine rings is 1. The van der Waals surface area contributed by atoms with Crippen LogP contribution in [0.15, 0.2) is 54.1 Å². The van der Waals surface area contributed by atoms with Gasteiger partial charge in [0.2, 0.25) is 0 Å². The van der Waals surface area contributed by atoms with Gasteiger partial charge in [-0.1, -0.05) is 43.3 Å². The van der Waals surface area contributed by atoms with Crippen LogP contribution in [0.2, 0.25) is 0 Å². The molecule has 1 fully saturated rings. The van der Waals surface area contributed by atoms with Gasteiger partial charge in [-0.15, -0.1) is 0 Å². The number of nitrogens with zero attached hydrogens (tertiary/aromatic N) is 2. The fraction of sp³-hybridized carbons (Fsp3) is 0.500. The number of ether oxygens (including phenoxy) is 2. The highest BCUT2D eigenvalue weighted by Gasteiger charge is 2.33. The maximum atomic E-state index is 13.7. The summed E-state index contributed by atoms with van der Waals surface area (Å²) >= 11 is 0. The van der Waals surface area contributed by atoms with E-state index < -0.39 is 11.6 Å². The fourth-order valence-electron chi connectivity index (χ4n) is 5.77. The molecule has 4 rings (SSSR count). The molecule has 9 nitrogen and oxygen atoms in total. The Morgan fingerprint density at radius 2 is 1.86 bits per heavy atom. The summed E-state index contributed by atoms with van der Waals surface area (Å²) in [5, 5.41) is 12.9. The zero-order chi connectivity index (χ0) is 31.0. The van der Waals surface area contributed by atoms with E-state index >= 15 is 0 Å². The van der Waals surface area contributed by atoms with Crippen LogP contribution in [-0.2, 0) is 25.5 Å². The fourth-order valence-corrected chi connectivity index (χ4v) is 5.77. The lowest BCUT2D eigenvalue weighted by Gasteiger charge is -2.36. The number of nitrogens with one attached hydrogen (secondary N) is 1. The number of carbonyl (C=O) groups excluding carboxylic acids is 2. The van der Waals surface area contributed by atoms with Crippen molar-refractivity contribution < 1.29 is 29.0 Å². The molecular weight excluding hydrogens is 546 g/mol. The first-order chi connectivity index (χ1) is 20.6. The molecule has 1 saturated heterocycles. The van der Waals surface area contributed by atoms with Gasteiger partial charge in [-0.3, -0.25) is 19.3 Å². The van der Waals surface area contributed by atoms with Gasteiger partial charge in [0.1, 0.15) is 17.4 Å². The molecular formula is C34H45N3O6. The van der Waals surface area contributed by atoms with Gasteiger partial charge in [-0.2, -0.15) is 0 Å². The number of carboxylic acids is 1. The van der Waals surface area contributed by atoms with Crippen molar-refractivity contribution in [2.75, 3.05) is 39.3 Å². The van der Waals surface area contributed by atoms with Crippen LogP contribution >= 0.6 is 0 Å². The van der Waals surface area contributed by atoms with Crippen molar-refractivity contribution in [1.29, 1.82) is 0 Å². The number of esters is 1. The van der Waals surface area contributed by atoms with Crippen molar-refractivity contribution in [3.8, 4) is 5.75 Å². The summed E-state index contributed by atoms with van der Waals surface area (Å²) in [6.07, 6.45) is 3.48. The molecule has 2 aromatic rings. The van der Waals surface area contributed by atoms with Gasteiger partial charge in [0.15, 0.2) is 0 Å². The first-order valence-corrected chi connectivity index (χ1v) is 15.3. The van der Waals surface area contributed by atoms with E-state index in [1.54, 1.807) is 6.08 Å². The second-order valence-corrected chi connectivity index (χ2v) is 12.2. The number of carboxylic acid groups (broad SMARTS) is 1. The summed E-state index contributed by atoms with van der Waals surface area (Å²) in [6, 6.07) is 15.3. The van der Waals surface area contributed by atoms with Gasteiger partial charge in [0, 0.05) is 38.3 Å². The summed E-state index contributed by atoms with van der Waals surface area (Å²) < 4.78 is 11.7. The summed E-state index contributed by atoms with van der Waals surface area (Å²) in [4.78, 5) is 42.1. The molecule has 0 saturated carbocycles. The Morgan fingerprint density at radius 3 is 2.56 bits per heavy atom. The average Bonchev–Trinajstić information content (AvgIpc) is 3.07. The van der Waals surface area contributed by atoms with E-state index in [2.05, 4.69) is 10.2 Å². The molecule has 2 N–H and O–H groups in total. The molecule has 9 heteroatoms. The minimum Gasteiger partial charge on any atom is -0.494 e. The number of rotatable bonds is 12. The van der Waals surface area contributed by atoms with Gasteiger partial charge in [0.05, 0.1) is 19.1 Å². The predicted molar refractivity (Wildman–Crippen MR) is 166 cm³/mol. The normalized spacial score (nSPS) is 19.3. The van der Waals surface area contributed by atoms with E-state index in [0.29, 0.717) is 44.8 Å². The number of fused-ring (bicyclic) bond motifs is 1. The second-order valence-electron chi connectivity index (χ2n) is 12.2. The smallest absolute Gasteiger partial charge is 0.325 e. The van der Waals surface area contributed by atoms with Gasteiger partial charge in [-0.25, -0.2) is 0 Å². The van der Waals surface area contributed by atoms with Crippen LogP contribution in [0.1, 0.15) is 69.7 Å². The topological polar surface area (TPSA) is 108 Å². The monoisotopic (exact) mass is 591 g/mol. The first kappa shape index (κ1) is 32.2. The lowest BCUT2D eigenvalue weighted by molar-refractivity contribution is -0.162. The molecule has 2 heterocycles. The number of hydrogen-bond acceptors (Lipinski definition) is 7.